The van der Waals surface area contributed by atoms with Crippen molar-refractivity contribution in [2.75, 3.05) is 7.05 Å². The lowest BCUT2D eigenvalue weighted by molar-refractivity contribution is 0.568. The summed E-state index contributed by atoms with van der Waals surface area (Å²) in [6.45, 7) is 4.03. The molecule has 1 rings (SSSR count). The highest BCUT2D eigenvalue weighted by Crippen LogP contribution is 2.12. The van der Waals surface area contributed by atoms with Gasteiger partial charge in [-0.15, -0.1) is 24.0 Å². The van der Waals surface area contributed by atoms with Gasteiger partial charge in [-0.2, -0.15) is 0 Å². The molecule has 8 heteroatoms. The van der Waals surface area contributed by atoms with Crippen LogP contribution in [0, 0.1) is 0 Å². The minimum Gasteiger partial charge on any atom is -0.370 e. The van der Waals surface area contributed by atoms with E-state index in [4.69, 9.17) is 5.73 Å². The lowest BCUT2D eigenvalue weighted by Crippen LogP contribution is -2.33. The van der Waals surface area contributed by atoms with Crippen molar-refractivity contribution in [3.8, 4) is 0 Å². The first-order valence-corrected chi connectivity index (χ1v) is 8.02. The molecule has 0 aliphatic carbocycles. The van der Waals surface area contributed by atoms with Gasteiger partial charge in [-0.05, 0) is 25.0 Å². The second-order valence-corrected chi connectivity index (χ2v) is 6.52. The Labute approximate surface area is 143 Å². The average molecular weight is 426 g/mol. The molecule has 0 radical (unpaired) electrons. The number of guanidine groups is 1. The molecule has 0 aliphatic rings. The fourth-order valence-corrected chi connectivity index (χ4v) is 3.23. The lowest BCUT2D eigenvalue weighted by atomic mass is 10.1. The normalized spacial score (nSPS) is 12.1. The van der Waals surface area contributed by atoms with Gasteiger partial charge >= 0.3 is 0 Å². The SMILES string of the molecule is CN=C(N)NCc1ccccc1CS(=O)(=O)NC(C)C.I. The van der Waals surface area contributed by atoms with Crippen LogP contribution in [0.4, 0.5) is 0 Å². The summed E-state index contributed by atoms with van der Waals surface area (Å²) in [5.41, 5.74) is 7.20. The van der Waals surface area contributed by atoms with E-state index in [9.17, 15) is 8.42 Å². The summed E-state index contributed by atoms with van der Waals surface area (Å²) in [6.07, 6.45) is 0. The molecule has 6 nitrogen and oxygen atoms in total. The molecule has 1 aromatic rings. The third-order valence-electron chi connectivity index (χ3n) is 2.58. The van der Waals surface area contributed by atoms with E-state index in [1.807, 2.05) is 18.2 Å². The highest BCUT2D eigenvalue weighted by atomic mass is 127. The van der Waals surface area contributed by atoms with Crippen LogP contribution in [0.25, 0.3) is 0 Å². The Morgan fingerprint density at radius 2 is 1.86 bits per heavy atom. The molecule has 0 atom stereocenters. The van der Waals surface area contributed by atoms with Crippen LogP contribution in [0.5, 0.6) is 0 Å². The molecule has 120 valence electrons. The van der Waals surface area contributed by atoms with E-state index in [0.717, 1.165) is 11.1 Å². The lowest BCUT2D eigenvalue weighted by Gasteiger charge is -2.13. The number of sulfonamides is 1. The van der Waals surface area contributed by atoms with E-state index in [0.29, 0.717) is 12.5 Å². The van der Waals surface area contributed by atoms with Crippen LogP contribution >= 0.6 is 24.0 Å². The fraction of sp³-hybridized carbons (Fsp3) is 0.462. The maximum absolute atomic E-state index is 12.0. The quantitative estimate of drug-likeness (QED) is 0.362. The molecule has 0 spiro atoms. The number of hydrogen-bond donors (Lipinski definition) is 3. The molecule has 1 aromatic carbocycles. The predicted octanol–water partition coefficient (Wildman–Crippen LogP) is 1.17. The van der Waals surface area contributed by atoms with Gasteiger partial charge in [0.05, 0.1) is 5.75 Å². The van der Waals surface area contributed by atoms with Gasteiger partial charge < -0.3 is 11.1 Å². The summed E-state index contributed by atoms with van der Waals surface area (Å²) in [5.74, 6) is 0.273. The van der Waals surface area contributed by atoms with Crippen molar-refractivity contribution in [1.29, 1.82) is 0 Å². The van der Waals surface area contributed by atoms with Crippen molar-refractivity contribution >= 4 is 40.0 Å². The van der Waals surface area contributed by atoms with Crippen LogP contribution in [0.15, 0.2) is 29.3 Å². The largest absolute Gasteiger partial charge is 0.370 e. The number of nitrogens with one attached hydrogen (secondary N) is 2. The van der Waals surface area contributed by atoms with Gasteiger partial charge in [-0.1, -0.05) is 24.3 Å². The van der Waals surface area contributed by atoms with E-state index in [-0.39, 0.29) is 35.8 Å². The van der Waals surface area contributed by atoms with Crippen molar-refractivity contribution < 1.29 is 8.42 Å². The average Bonchev–Trinajstić information content (AvgIpc) is 2.35. The summed E-state index contributed by atoms with van der Waals surface area (Å²) in [5, 5.41) is 2.93. The molecular formula is C13H23IN4O2S. The summed E-state index contributed by atoms with van der Waals surface area (Å²) in [7, 11) is -1.75. The van der Waals surface area contributed by atoms with E-state index in [2.05, 4.69) is 15.0 Å². The van der Waals surface area contributed by atoms with Crippen molar-refractivity contribution in [2.45, 2.75) is 32.2 Å². The number of nitrogens with zero attached hydrogens (tertiary/aromatic N) is 1. The third kappa shape index (κ3) is 7.63. The molecule has 4 N–H and O–H groups in total. The molecule has 0 heterocycles. The van der Waals surface area contributed by atoms with Crippen molar-refractivity contribution in [2.24, 2.45) is 10.7 Å². The maximum atomic E-state index is 12.0. The van der Waals surface area contributed by atoms with Gasteiger partial charge in [-0.25, -0.2) is 13.1 Å². The standard InChI is InChI=1S/C13H22N4O2S.HI/c1-10(2)17-20(18,19)9-12-7-5-4-6-11(12)8-16-13(14)15-3;/h4-7,10,17H,8-9H2,1-3H3,(H3,14,15,16);1H. The highest BCUT2D eigenvalue weighted by molar-refractivity contribution is 14.0. The summed E-state index contributed by atoms with van der Waals surface area (Å²) in [6, 6.07) is 7.24. The Bertz CT molecular complexity index is 573. The van der Waals surface area contributed by atoms with Gasteiger partial charge in [0.1, 0.15) is 0 Å². The Morgan fingerprint density at radius 3 is 2.38 bits per heavy atom. The zero-order chi connectivity index (χ0) is 15.2. The first-order chi connectivity index (χ1) is 9.34. The number of rotatable bonds is 6. The van der Waals surface area contributed by atoms with Crippen LogP contribution in [0.1, 0.15) is 25.0 Å². The van der Waals surface area contributed by atoms with Gasteiger partial charge in [0.2, 0.25) is 10.0 Å². The maximum Gasteiger partial charge on any atom is 0.216 e. The molecular weight excluding hydrogens is 403 g/mol. The Kier molecular flexibility index (Phi) is 8.83. The van der Waals surface area contributed by atoms with Gasteiger partial charge in [0.15, 0.2) is 5.96 Å². The fourth-order valence-electron chi connectivity index (χ4n) is 1.74. The number of hydrogen-bond acceptors (Lipinski definition) is 3. The highest BCUT2D eigenvalue weighted by Gasteiger charge is 2.15. The third-order valence-corrected chi connectivity index (χ3v) is 4.10. The molecule has 0 bridgehead atoms. The Hall–Kier alpha value is -0.870. The van der Waals surface area contributed by atoms with Crippen molar-refractivity contribution in [3.05, 3.63) is 35.4 Å². The van der Waals surface area contributed by atoms with E-state index < -0.39 is 10.0 Å². The first-order valence-electron chi connectivity index (χ1n) is 6.37. The van der Waals surface area contributed by atoms with Crippen molar-refractivity contribution in [3.63, 3.8) is 0 Å². The van der Waals surface area contributed by atoms with Gasteiger partial charge in [0.25, 0.3) is 0 Å². The molecule has 0 aliphatic heterocycles. The first kappa shape index (κ1) is 20.1. The van der Waals surface area contributed by atoms with Crippen LogP contribution in [0.2, 0.25) is 0 Å². The van der Waals surface area contributed by atoms with Crippen LogP contribution < -0.4 is 15.8 Å². The van der Waals surface area contributed by atoms with E-state index in [1.165, 1.54) is 0 Å². The molecule has 0 fully saturated rings. The van der Waals surface area contributed by atoms with Gasteiger partial charge in [-0.3, -0.25) is 4.99 Å². The second kappa shape index (κ2) is 9.21. The van der Waals surface area contributed by atoms with E-state index >= 15 is 0 Å². The van der Waals surface area contributed by atoms with E-state index in [1.54, 1.807) is 27.0 Å². The Morgan fingerprint density at radius 1 is 1.29 bits per heavy atom. The molecule has 0 amide bonds. The second-order valence-electron chi connectivity index (χ2n) is 4.76. The van der Waals surface area contributed by atoms with Gasteiger partial charge in [0, 0.05) is 19.6 Å². The summed E-state index contributed by atoms with van der Waals surface area (Å²) in [4.78, 5) is 3.80. The zero-order valence-corrected chi connectivity index (χ0v) is 15.6. The Balaban J connectivity index is 0.00000400. The summed E-state index contributed by atoms with van der Waals surface area (Å²) < 4.78 is 26.5. The molecule has 0 aromatic heterocycles. The molecule has 21 heavy (non-hydrogen) atoms. The minimum absolute atomic E-state index is 0. The topological polar surface area (TPSA) is 96.6 Å². The van der Waals surface area contributed by atoms with Crippen LogP contribution in [-0.4, -0.2) is 27.5 Å². The number of benzene rings is 1. The zero-order valence-electron chi connectivity index (χ0n) is 12.5. The molecule has 0 saturated heterocycles. The molecule has 0 saturated carbocycles. The number of nitrogens with two attached hydrogens (primary N) is 1. The van der Waals surface area contributed by atoms with Crippen LogP contribution in [-0.2, 0) is 22.3 Å². The number of halogens is 1. The minimum atomic E-state index is -3.34. The monoisotopic (exact) mass is 426 g/mol. The molecule has 0 unspecified atom stereocenters. The predicted molar refractivity (Wildman–Crippen MR) is 97.1 cm³/mol. The van der Waals surface area contributed by atoms with Crippen molar-refractivity contribution in [1.82, 2.24) is 10.0 Å². The summed E-state index contributed by atoms with van der Waals surface area (Å²) >= 11 is 0. The number of aliphatic imine (C=N–C) groups is 1. The van der Waals surface area contributed by atoms with Crippen LogP contribution in [0.3, 0.4) is 0 Å². The smallest absolute Gasteiger partial charge is 0.216 e.